The van der Waals surface area contributed by atoms with Gasteiger partial charge in [0, 0.05) is 13.0 Å². The number of hydrogen-bond acceptors (Lipinski definition) is 5. The van der Waals surface area contributed by atoms with Crippen molar-refractivity contribution in [3.05, 3.63) is 54.1 Å². The van der Waals surface area contributed by atoms with E-state index in [9.17, 15) is 13.2 Å². The zero-order valence-electron chi connectivity index (χ0n) is 16.6. The van der Waals surface area contributed by atoms with E-state index in [1.54, 1.807) is 6.07 Å². The Labute approximate surface area is 171 Å². The summed E-state index contributed by atoms with van der Waals surface area (Å²) in [5.41, 5.74) is 1.59. The Hall–Kier alpha value is -2.74. The summed E-state index contributed by atoms with van der Waals surface area (Å²) in [7, 11) is -3.43. The summed E-state index contributed by atoms with van der Waals surface area (Å²) in [5, 5.41) is 2.83. The van der Waals surface area contributed by atoms with Crippen LogP contribution in [0.5, 0.6) is 11.5 Å². The molecule has 0 bridgehead atoms. The molecule has 1 aliphatic heterocycles. The fourth-order valence-corrected chi connectivity index (χ4v) is 4.09. The minimum absolute atomic E-state index is 0.148. The van der Waals surface area contributed by atoms with E-state index < -0.39 is 10.0 Å². The van der Waals surface area contributed by atoms with Gasteiger partial charge in [-0.05, 0) is 43.2 Å². The molecule has 0 fully saturated rings. The van der Waals surface area contributed by atoms with Crippen molar-refractivity contribution in [2.75, 3.05) is 30.3 Å². The van der Waals surface area contributed by atoms with Gasteiger partial charge in [-0.25, -0.2) is 8.42 Å². The molecule has 0 aromatic heterocycles. The Balaban J connectivity index is 1.46. The van der Waals surface area contributed by atoms with Gasteiger partial charge in [0.05, 0.1) is 18.5 Å². The van der Waals surface area contributed by atoms with Gasteiger partial charge in [-0.2, -0.15) is 0 Å². The van der Waals surface area contributed by atoms with Crippen LogP contribution in [0.3, 0.4) is 0 Å². The smallest absolute Gasteiger partial charge is 0.232 e. The number of hydrogen-bond donors (Lipinski definition) is 1. The number of aryl methyl sites for hydroxylation is 1. The number of amides is 1. The third-order valence-corrected chi connectivity index (χ3v) is 5.74. The van der Waals surface area contributed by atoms with E-state index in [0.717, 1.165) is 5.56 Å². The van der Waals surface area contributed by atoms with Gasteiger partial charge in [-0.1, -0.05) is 24.3 Å². The molecule has 1 atom stereocenters. The summed E-state index contributed by atoms with van der Waals surface area (Å²) in [6, 6.07) is 14.7. The van der Waals surface area contributed by atoms with Gasteiger partial charge < -0.3 is 14.8 Å². The van der Waals surface area contributed by atoms with E-state index in [0.29, 0.717) is 36.8 Å². The third kappa shape index (κ3) is 5.87. The molecule has 29 heavy (non-hydrogen) atoms. The van der Waals surface area contributed by atoms with E-state index >= 15 is 0 Å². The van der Waals surface area contributed by atoms with Crippen molar-refractivity contribution in [3.63, 3.8) is 0 Å². The SMILES string of the molecule is Cc1cccc(N(CCCC(=O)NC[C@@H]2COc3ccccc3O2)S(C)(=O)=O)c1. The Bertz CT molecular complexity index is 961. The van der Waals surface area contributed by atoms with Crippen LogP contribution in [0.4, 0.5) is 5.69 Å². The molecule has 1 heterocycles. The molecule has 0 unspecified atom stereocenters. The number of fused-ring (bicyclic) bond motifs is 1. The summed E-state index contributed by atoms with van der Waals surface area (Å²) in [4.78, 5) is 12.2. The fourth-order valence-electron chi connectivity index (χ4n) is 3.13. The van der Waals surface area contributed by atoms with Crippen molar-refractivity contribution in [3.8, 4) is 11.5 Å². The van der Waals surface area contributed by atoms with Crippen LogP contribution in [0.2, 0.25) is 0 Å². The van der Waals surface area contributed by atoms with Crippen LogP contribution in [0.15, 0.2) is 48.5 Å². The first kappa shape index (κ1) is 21.0. The average Bonchev–Trinajstić information content (AvgIpc) is 2.68. The molecule has 1 N–H and O–H groups in total. The minimum Gasteiger partial charge on any atom is -0.486 e. The summed E-state index contributed by atoms with van der Waals surface area (Å²) in [5.74, 6) is 1.22. The second-order valence-corrected chi connectivity index (χ2v) is 8.99. The molecule has 1 aliphatic rings. The Kier molecular flexibility index (Phi) is 6.64. The Morgan fingerprint density at radius 2 is 1.93 bits per heavy atom. The monoisotopic (exact) mass is 418 g/mol. The van der Waals surface area contributed by atoms with E-state index in [-0.39, 0.29) is 25.0 Å². The van der Waals surface area contributed by atoms with Crippen molar-refractivity contribution < 1.29 is 22.7 Å². The number of carbonyl (C=O) groups is 1. The number of benzene rings is 2. The lowest BCUT2D eigenvalue weighted by Crippen LogP contribution is -2.41. The summed E-state index contributed by atoms with van der Waals surface area (Å²) in [6.45, 7) is 2.85. The van der Waals surface area contributed by atoms with Crippen molar-refractivity contribution in [2.24, 2.45) is 0 Å². The first-order valence-corrected chi connectivity index (χ1v) is 11.4. The van der Waals surface area contributed by atoms with Gasteiger partial charge in [0.25, 0.3) is 0 Å². The van der Waals surface area contributed by atoms with Crippen LogP contribution >= 0.6 is 0 Å². The first-order valence-electron chi connectivity index (χ1n) is 9.52. The number of carbonyl (C=O) groups excluding carboxylic acids is 1. The quantitative estimate of drug-likeness (QED) is 0.712. The topological polar surface area (TPSA) is 84.9 Å². The second-order valence-electron chi connectivity index (χ2n) is 7.08. The molecule has 0 saturated heterocycles. The van der Waals surface area contributed by atoms with E-state index in [2.05, 4.69) is 5.32 Å². The third-order valence-electron chi connectivity index (χ3n) is 4.55. The highest BCUT2D eigenvalue weighted by molar-refractivity contribution is 7.92. The lowest BCUT2D eigenvalue weighted by Gasteiger charge is -2.26. The normalized spacial score (nSPS) is 15.6. The minimum atomic E-state index is -3.43. The molecule has 2 aromatic rings. The van der Waals surface area contributed by atoms with Crippen molar-refractivity contribution in [1.29, 1.82) is 0 Å². The van der Waals surface area contributed by atoms with Crippen molar-refractivity contribution in [2.45, 2.75) is 25.9 Å². The molecular weight excluding hydrogens is 392 g/mol. The maximum atomic E-state index is 12.2. The molecule has 3 rings (SSSR count). The van der Waals surface area contributed by atoms with Crippen LogP contribution in [-0.2, 0) is 14.8 Å². The van der Waals surface area contributed by atoms with Crippen LogP contribution in [0, 0.1) is 6.92 Å². The highest BCUT2D eigenvalue weighted by atomic mass is 32.2. The largest absolute Gasteiger partial charge is 0.486 e. The van der Waals surface area contributed by atoms with E-state index in [1.807, 2.05) is 49.4 Å². The van der Waals surface area contributed by atoms with Gasteiger partial charge in [0.1, 0.15) is 12.7 Å². The number of para-hydroxylation sites is 2. The molecule has 0 spiro atoms. The standard InChI is InChI=1S/C21H26N2O5S/c1-16-7-5-8-17(13-16)23(29(2,25)26)12-6-11-21(24)22-14-18-15-27-19-9-3-4-10-20(19)28-18/h3-5,7-10,13,18H,6,11-12,14-15H2,1-2H3,(H,22,24)/t18-/m1/s1. The molecule has 2 aromatic carbocycles. The van der Waals surface area contributed by atoms with Gasteiger partial charge >= 0.3 is 0 Å². The number of anilines is 1. The Morgan fingerprint density at radius 1 is 1.17 bits per heavy atom. The summed E-state index contributed by atoms with van der Waals surface area (Å²) >= 11 is 0. The lowest BCUT2D eigenvalue weighted by atomic mass is 10.2. The summed E-state index contributed by atoms with van der Waals surface area (Å²) in [6.07, 6.45) is 1.56. The van der Waals surface area contributed by atoms with Crippen LogP contribution < -0.4 is 19.1 Å². The second kappa shape index (κ2) is 9.17. The molecule has 0 saturated carbocycles. The number of rotatable bonds is 8. The van der Waals surface area contributed by atoms with Gasteiger partial charge in [-0.15, -0.1) is 0 Å². The van der Waals surface area contributed by atoms with Gasteiger partial charge in [0.15, 0.2) is 11.5 Å². The molecule has 8 heteroatoms. The Morgan fingerprint density at radius 3 is 2.66 bits per heavy atom. The predicted molar refractivity (Wildman–Crippen MR) is 112 cm³/mol. The zero-order valence-corrected chi connectivity index (χ0v) is 17.4. The molecule has 0 aliphatic carbocycles. The van der Waals surface area contributed by atoms with E-state index in [1.165, 1.54) is 10.6 Å². The molecule has 1 amide bonds. The highest BCUT2D eigenvalue weighted by Gasteiger charge is 2.21. The molecular formula is C21H26N2O5S. The average molecular weight is 419 g/mol. The van der Waals surface area contributed by atoms with Crippen LogP contribution in [0.1, 0.15) is 18.4 Å². The lowest BCUT2D eigenvalue weighted by molar-refractivity contribution is -0.121. The van der Waals surface area contributed by atoms with Gasteiger partial charge in [0.2, 0.25) is 15.9 Å². The van der Waals surface area contributed by atoms with Crippen molar-refractivity contribution >= 4 is 21.6 Å². The first-order chi connectivity index (χ1) is 13.8. The number of nitrogens with zero attached hydrogens (tertiary/aromatic N) is 1. The fraction of sp³-hybridized carbons (Fsp3) is 0.381. The number of nitrogens with one attached hydrogen (secondary N) is 1. The maximum Gasteiger partial charge on any atom is 0.232 e. The maximum absolute atomic E-state index is 12.2. The molecule has 0 radical (unpaired) electrons. The molecule has 7 nitrogen and oxygen atoms in total. The number of sulfonamides is 1. The highest BCUT2D eigenvalue weighted by Crippen LogP contribution is 2.30. The van der Waals surface area contributed by atoms with Gasteiger partial charge in [-0.3, -0.25) is 9.10 Å². The molecule has 156 valence electrons. The summed E-state index contributed by atoms with van der Waals surface area (Å²) < 4.78 is 37.1. The number of ether oxygens (including phenoxy) is 2. The van der Waals surface area contributed by atoms with Crippen molar-refractivity contribution in [1.82, 2.24) is 5.32 Å². The van der Waals surface area contributed by atoms with E-state index in [4.69, 9.17) is 9.47 Å². The van der Waals surface area contributed by atoms with Crippen LogP contribution in [-0.4, -0.2) is 46.4 Å². The zero-order chi connectivity index (χ0) is 20.9. The van der Waals surface area contributed by atoms with Crippen LogP contribution in [0.25, 0.3) is 0 Å². The predicted octanol–water partition coefficient (Wildman–Crippen LogP) is 2.50.